The Morgan fingerprint density at radius 2 is 1.93 bits per heavy atom. The summed E-state index contributed by atoms with van der Waals surface area (Å²) in [7, 11) is 4.10. The molecule has 0 heterocycles. The first-order chi connectivity index (χ1) is 6.59. The quantitative estimate of drug-likeness (QED) is 0.727. The third kappa shape index (κ3) is 3.38. The molecule has 0 aromatic heterocycles. The van der Waals surface area contributed by atoms with E-state index in [0.717, 1.165) is 18.9 Å². The zero-order valence-electron chi connectivity index (χ0n) is 9.50. The maximum atomic E-state index is 5.69. The van der Waals surface area contributed by atoms with Crippen molar-refractivity contribution in [2.45, 2.75) is 13.8 Å². The summed E-state index contributed by atoms with van der Waals surface area (Å²) < 4.78 is 5.69. The molecule has 1 rings (SSSR count). The van der Waals surface area contributed by atoms with E-state index in [9.17, 15) is 0 Å². The van der Waals surface area contributed by atoms with E-state index in [0.29, 0.717) is 0 Å². The predicted molar refractivity (Wildman–Crippen MR) is 60.0 cm³/mol. The molecule has 0 atom stereocenters. The summed E-state index contributed by atoms with van der Waals surface area (Å²) >= 11 is 0. The van der Waals surface area contributed by atoms with Gasteiger partial charge in [0.15, 0.2) is 0 Å². The smallest absolute Gasteiger partial charge is 0.122 e. The van der Waals surface area contributed by atoms with Crippen molar-refractivity contribution in [1.82, 2.24) is 4.90 Å². The summed E-state index contributed by atoms with van der Waals surface area (Å²) in [4.78, 5) is 2.12. The van der Waals surface area contributed by atoms with E-state index < -0.39 is 0 Å². The van der Waals surface area contributed by atoms with Crippen molar-refractivity contribution >= 4 is 0 Å². The average molecular weight is 193 g/mol. The van der Waals surface area contributed by atoms with Crippen LogP contribution in [0.3, 0.4) is 0 Å². The first-order valence-corrected chi connectivity index (χ1v) is 4.94. The number of nitrogens with zero attached hydrogens (tertiary/aromatic N) is 1. The van der Waals surface area contributed by atoms with Crippen LogP contribution >= 0.6 is 0 Å². The Labute approximate surface area is 86.5 Å². The lowest BCUT2D eigenvalue weighted by Gasteiger charge is -2.12. The molecular weight excluding hydrogens is 174 g/mol. The Hall–Kier alpha value is -1.02. The van der Waals surface area contributed by atoms with Crippen molar-refractivity contribution in [3.8, 4) is 5.75 Å². The average Bonchev–Trinajstić information content (AvgIpc) is 2.10. The van der Waals surface area contributed by atoms with Gasteiger partial charge in [-0.15, -0.1) is 0 Å². The number of benzene rings is 1. The second kappa shape index (κ2) is 5.01. The molecule has 78 valence electrons. The fraction of sp³-hybridized carbons (Fsp3) is 0.500. The minimum atomic E-state index is 0.747. The van der Waals surface area contributed by atoms with Crippen molar-refractivity contribution < 1.29 is 4.74 Å². The lowest BCUT2D eigenvalue weighted by molar-refractivity contribution is 0.260. The molecule has 0 radical (unpaired) electrons. The highest BCUT2D eigenvalue weighted by atomic mass is 16.5. The molecule has 0 N–H and O–H groups in total. The molecule has 1 aromatic carbocycles. The molecule has 0 aliphatic heterocycles. The van der Waals surface area contributed by atoms with Crippen molar-refractivity contribution in [3.05, 3.63) is 29.3 Å². The van der Waals surface area contributed by atoms with Crippen LogP contribution in [0, 0.1) is 13.8 Å². The van der Waals surface area contributed by atoms with Gasteiger partial charge in [-0.2, -0.15) is 0 Å². The number of hydrogen-bond donors (Lipinski definition) is 0. The number of aryl methyl sites for hydroxylation is 2. The lowest BCUT2D eigenvalue weighted by atomic mass is 10.1. The molecule has 0 amide bonds. The van der Waals surface area contributed by atoms with Crippen LogP contribution in [0.4, 0.5) is 0 Å². The van der Waals surface area contributed by atoms with Gasteiger partial charge in [0.2, 0.25) is 0 Å². The van der Waals surface area contributed by atoms with E-state index in [1.807, 2.05) is 14.1 Å². The van der Waals surface area contributed by atoms with Gasteiger partial charge >= 0.3 is 0 Å². The van der Waals surface area contributed by atoms with E-state index in [1.165, 1.54) is 11.1 Å². The van der Waals surface area contributed by atoms with Gasteiger partial charge in [0.25, 0.3) is 0 Å². The molecule has 0 saturated carbocycles. The summed E-state index contributed by atoms with van der Waals surface area (Å²) in [5.41, 5.74) is 2.45. The molecule has 0 bridgehead atoms. The van der Waals surface area contributed by atoms with Crippen molar-refractivity contribution in [2.24, 2.45) is 0 Å². The molecule has 14 heavy (non-hydrogen) atoms. The minimum absolute atomic E-state index is 0.747. The summed E-state index contributed by atoms with van der Waals surface area (Å²) in [5.74, 6) is 1.01. The topological polar surface area (TPSA) is 12.5 Å². The minimum Gasteiger partial charge on any atom is -0.492 e. The van der Waals surface area contributed by atoms with E-state index in [1.54, 1.807) is 0 Å². The number of likely N-dealkylation sites (N-methyl/N-ethyl adjacent to an activating group) is 1. The molecule has 1 aromatic rings. The summed E-state index contributed by atoms with van der Waals surface area (Å²) in [6.07, 6.45) is 0. The highest BCUT2D eigenvalue weighted by Gasteiger charge is 1.99. The van der Waals surface area contributed by atoms with E-state index in [2.05, 4.69) is 36.9 Å². The highest BCUT2D eigenvalue weighted by molar-refractivity contribution is 5.35. The van der Waals surface area contributed by atoms with Gasteiger partial charge in [0.1, 0.15) is 12.4 Å². The number of ether oxygens (including phenoxy) is 1. The molecule has 0 spiro atoms. The van der Waals surface area contributed by atoms with E-state index >= 15 is 0 Å². The lowest BCUT2D eigenvalue weighted by Crippen LogP contribution is -2.19. The van der Waals surface area contributed by atoms with Crippen molar-refractivity contribution in [2.75, 3.05) is 27.2 Å². The maximum Gasteiger partial charge on any atom is 0.122 e. The zero-order chi connectivity index (χ0) is 10.6. The second-order valence-corrected chi connectivity index (χ2v) is 3.92. The summed E-state index contributed by atoms with van der Waals surface area (Å²) in [6.45, 7) is 5.85. The van der Waals surface area contributed by atoms with Crippen LogP contribution in [-0.4, -0.2) is 32.1 Å². The van der Waals surface area contributed by atoms with Gasteiger partial charge in [-0.3, -0.25) is 0 Å². The normalized spacial score (nSPS) is 10.6. The number of hydrogen-bond acceptors (Lipinski definition) is 2. The van der Waals surface area contributed by atoms with Crippen molar-refractivity contribution in [3.63, 3.8) is 0 Å². The molecule has 0 unspecified atom stereocenters. The van der Waals surface area contributed by atoms with Crippen LogP contribution < -0.4 is 4.74 Å². The highest BCUT2D eigenvalue weighted by Crippen LogP contribution is 2.18. The van der Waals surface area contributed by atoms with Gasteiger partial charge in [-0.25, -0.2) is 0 Å². The third-order valence-corrected chi connectivity index (χ3v) is 2.14. The monoisotopic (exact) mass is 193 g/mol. The zero-order valence-corrected chi connectivity index (χ0v) is 9.50. The van der Waals surface area contributed by atoms with Crippen LogP contribution in [0.2, 0.25) is 0 Å². The molecule has 2 nitrogen and oxygen atoms in total. The standard InChI is InChI=1S/C12H19NO/c1-10-5-6-11(2)12(9-10)14-8-7-13(3)4/h5-6,9H,7-8H2,1-4H3. The Bertz CT molecular complexity index is 294. The first-order valence-electron chi connectivity index (χ1n) is 4.94. The molecular formula is C12H19NO. The van der Waals surface area contributed by atoms with Gasteiger partial charge in [0.05, 0.1) is 0 Å². The summed E-state index contributed by atoms with van der Waals surface area (Å²) in [6, 6.07) is 6.29. The Kier molecular flexibility index (Phi) is 3.96. The fourth-order valence-corrected chi connectivity index (χ4v) is 1.20. The third-order valence-electron chi connectivity index (χ3n) is 2.14. The predicted octanol–water partition coefficient (Wildman–Crippen LogP) is 2.24. The van der Waals surface area contributed by atoms with E-state index in [-0.39, 0.29) is 0 Å². The Balaban J connectivity index is 2.53. The first kappa shape index (κ1) is 11.1. The SMILES string of the molecule is Cc1ccc(C)c(OCCN(C)C)c1. The Morgan fingerprint density at radius 3 is 2.57 bits per heavy atom. The van der Waals surface area contributed by atoms with Crippen LogP contribution in [0.25, 0.3) is 0 Å². The number of rotatable bonds is 4. The molecule has 0 saturated heterocycles. The van der Waals surface area contributed by atoms with Crippen LogP contribution in [0.15, 0.2) is 18.2 Å². The molecule has 2 heteroatoms. The maximum absolute atomic E-state index is 5.69. The largest absolute Gasteiger partial charge is 0.492 e. The molecule has 0 aliphatic rings. The van der Waals surface area contributed by atoms with E-state index in [4.69, 9.17) is 4.74 Å². The van der Waals surface area contributed by atoms with Crippen LogP contribution in [0.1, 0.15) is 11.1 Å². The molecule has 0 aliphatic carbocycles. The Morgan fingerprint density at radius 1 is 1.21 bits per heavy atom. The van der Waals surface area contributed by atoms with Crippen molar-refractivity contribution in [1.29, 1.82) is 0 Å². The van der Waals surface area contributed by atoms with Gasteiger partial charge < -0.3 is 9.64 Å². The van der Waals surface area contributed by atoms with Gasteiger partial charge in [-0.05, 0) is 45.1 Å². The van der Waals surface area contributed by atoms with Crippen LogP contribution in [-0.2, 0) is 0 Å². The van der Waals surface area contributed by atoms with Gasteiger partial charge in [-0.1, -0.05) is 12.1 Å². The summed E-state index contributed by atoms with van der Waals surface area (Å²) in [5, 5.41) is 0. The molecule has 0 fully saturated rings. The van der Waals surface area contributed by atoms with Crippen LogP contribution in [0.5, 0.6) is 5.75 Å². The second-order valence-electron chi connectivity index (χ2n) is 3.92. The fourth-order valence-electron chi connectivity index (χ4n) is 1.20. The van der Waals surface area contributed by atoms with Gasteiger partial charge in [0, 0.05) is 6.54 Å².